The Morgan fingerprint density at radius 1 is 1.47 bits per heavy atom. The molecule has 0 radical (unpaired) electrons. The predicted molar refractivity (Wildman–Crippen MR) is 52.8 cm³/mol. The number of benzene rings is 1. The van der Waals surface area contributed by atoms with Crippen molar-refractivity contribution >= 4 is 5.97 Å². The first-order valence-electron chi connectivity index (χ1n) is 4.73. The third kappa shape index (κ3) is 4.56. The summed E-state index contributed by atoms with van der Waals surface area (Å²) >= 11 is 0. The van der Waals surface area contributed by atoms with Crippen molar-refractivity contribution in [2.24, 2.45) is 0 Å². The van der Waals surface area contributed by atoms with E-state index in [1.165, 1.54) is 12.1 Å². The molecule has 1 rings (SSSR count). The third-order valence-electron chi connectivity index (χ3n) is 1.86. The molecule has 15 heavy (non-hydrogen) atoms. The minimum atomic E-state index is -0.381. The molecular weight excluding hydrogens is 199 g/mol. The fourth-order valence-electron chi connectivity index (χ4n) is 1.17. The van der Waals surface area contributed by atoms with Crippen LogP contribution in [0.4, 0.5) is 4.39 Å². The van der Waals surface area contributed by atoms with Crippen molar-refractivity contribution in [2.45, 2.75) is 12.8 Å². The molecule has 0 fully saturated rings. The summed E-state index contributed by atoms with van der Waals surface area (Å²) in [6.45, 7) is -0.159. The quantitative estimate of drug-likeness (QED) is 0.748. The van der Waals surface area contributed by atoms with Crippen LogP contribution in [0.1, 0.15) is 12.0 Å². The molecule has 82 valence electrons. The largest absolute Gasteiger partial charge is 0.463 e. The lowest BCUT2D eigenvalue weighted by molar-refractivity contribution is -0.144. The van der Waals surface area contributed by atoms with E-state index in [2.05, 4.69) is 4.74 Å². The van der Waals surface area contributed by atoms with E-state index in [0.29, 0.717) is 6.42 Å². The summed E-state index contributed by atoms with van der Waals surface area (Å²) in [4.78, 5) is 11.0. The Morgan fingerprint density at radius 3 is 2.93 bits per heavy atom. The van der Waals surface area contributed by atoms with Crippen LogP contribution in [-0.2, 0) is 16.0 Å². The van der Waals surface area contributed by atoms with E-state index in [4.69, 9.17) is 5.11 Å². The second-order valence-electron chi connectivity index (χ2n) is 3.07. The number of aryl methyl sites for hydroxylation is 1. The highest BCUT2D eigenvalue weighted by atomic mass is 19.1. The Bertz CT molecular complexity index is 325. The molecule has 1 N–H and O–H groups in total. The number of halogens is 1. The van der Waals surface area contributed by atoms with Crippen molar-refractivity contribution in [3.63, 3.8) is 0 Å². The van der Waals surface area contributed by atoms with Gasteiger partial charge in [-0.2, -0.15) is 0 Å². The van der Waals surface area contributed by atoms with Crippen molar-refractivity contribution in [3.8, 4) is 0 Å². The fraction of sp³-hybridized carbons (Fsp3) is 0.364. The summed E-state index contributed by atoms with van der Waals surface area (Å²) in [6.07, 6.45) is 0.644. The Hall–Kier alpha value is -1.42. The van der Waals surface area contributed by atoms with Gasteiger partial charge in [-0.1, -0.05) is 12.1 Å². The van der Waals surface area contributed by atoms with Crippen LogP contribution in [0.5, 0.6) is 0 Å². The van der Waals surface area contributed by atoms with Gasteiger partial charge in [-0.25, -0.2) is 4.39 Å². The van der Waals surface area contributed by atoms with Crippen LogP contribution in [0.15, 0.2) is 24.3 Å². The molecule has 0 atom stereocenters. The third-order valence-corrected chi connectivity index (χ3v) is 1.86. The van der Waals surface area contributed by atoms with E-state index in [1.807, 2.05) is 0 Å². The van der Waals surface area contributed by atoms with Crippen LogP contribution in [0.2, 0.25) is 0 Å². The van der Waals surface area contributed by atoms with Gasteiger partial charge < -0.3 is 9.84 Å². The topological polar surface area (TPSA) is 46.5 Å². The SMILES string of the molecule is O=C(CCc1cccc(F)c1)OCCO. The molecule has 0 aromatic heterocycles. The summed E-state index contributed by atoms with van der Waals surface area (Å²) in [7, 11) is 0. The van der Waals surface area contributed by atoms with E-state index in [9.17, 15) is 9.18 Å². The molecule has 1 aromatic rings. The molecular formula is C11H13FO3. The Kier molecular flexibility index (Phi) is 4.77. The number of carbonyl (C=O) groups is 1. The van der Waals surface area contributed by atoms with Gasteiger partial charge in [0.05, 0.1) is 6.61 Å². The second kappa shape index (κ2) is 6.14. The second-order valence-corrected chi connectivity index (χ2v) is 3.07. The summed E-state index contributed by atoms with van der Waals surface area (Å²) in [5.74, 6) is -0.690. The number of aliphatic hydroxyl groups excluding tert-OH is 1. The van der Waals surface area contributed by atoms with Gasteiger partial charge in [-0.3, -0.25) is 4.79 Å². The van der Waals surface area contributed by atoms with Crippen molar-refractivity contribution in [2.75, 3.05) is 13.2 Å². The molecule has 4 heteroatoms. The Balaban J connectivity index is 2.33. The average molecular weight is 212 g/mol. The standard InChI is InChI=1S/C11H13FO3/c12-10-3-1-2-9(8-10)4-5-11(14)15-7-6-13/h1-3,8,13H,4-7H2. The molecule has 0 spiro atoms. The van der Waals surface area contributed by atoms with Crippen LogP contribution < -0.4 is 0 Å². The monoisotopic (exact) mass is 212 g/mol. The smallest absolute Gasteiger partial charge is 0.306 e. The molecule has 0 amide bonds. The Labute approximate surface area is 87.5 Å². The first kappa shape index (κ1) is 11.7. The van der Waals surface area contributed by atoms with Crippen molar-refractivity contribution < 1.29 is 19.0 Å². The van der Waals surface area contributed by atoms with Crippen LogP contribution in [0, 0.1) is 5.82 Å². The van der Waals surface area contributed by atoms with E-state index in [-0.39, 0.29) is 31.4 Å². The first-order valence-corrected chi connectivity index (χ1v) is 4.73. The molecule has 0 heterocycles. The van der Waals surface area contributed by atoms with E-state index in [1.54, 1.807) is 12.1 Å². The zero-order valence-electron chi connectivity index (χ0n) is 8.28. The maximum atomic E-state index is 12.7. The van der Waals surface area contributed by atoms with Gasteiger partial charge in [0.15, 0.2) is 0 Å². The van der Waals surface area contributed by atoms with Crippen molar-refractivity contribution in [1.82, 2.24) is 0 Å². The normalized spacial score (nSPS) is 10.0. The van der Waals surface area contributed by atoms with Gasteiger partial charge >= 0.3 is 5.97 Å². The number of hydrogen-bond donors (Lipinski definition) is 1. The lowest BCUT2D eigenvalue weighted by Crippen LogP contribution is -2.09. The molecule has 0 bridgehead atoms. The molecule has 1 aromatic carbocycles. The molecule has 0 saturated carbocycles. The van der Waals surface area contributed by atoms with Gasteiger partial charge in [0.2, 0.25) is 0 Å². The van der Waals surface area contributed by atoms with E-state index in [0.717, 1.165) is 5.56 Å². The average Bonchev–Trinajstić information content (AvgIpc) is 2.23. The van der Waals surface area contributed by atoms with Gasteiger partial charge in [0.25, 0.3) is 0 Å². The van der Waals surface area contributed by atoms with Crippen LogP contribution in [0.25, 0.3) is 0 Å². The first-order chi connectivity index (χ1) is 7.22. The number of hydrogen-bond acceptors (Lipinski definition) is 3. The maximum absolute atomic E-state index is 12.7. The van der Waals surface area contributed by atoms with E-state index >= 15 is 0 Å². The van der Waals surface area contributed by atoms with Gasteiger partial charge in [-0.05, 0) is 24.1 Å². The van der Waals surface area contributed by atoms with Crippen molar-refractivity contribution in [1.29, 1.82) is 0 Å². The van der Waals surface area contributed by atoms with Crippen LogP contribution in [0.3, 0.4) is 0 Å². The summed E-state index contributed by atoms with van der Waals surface area (Å²) < 4.78 is 17.4. The molecule has 0 aliphatic rings. The molecule has 0 aliphatic heterocycles. The lowest BCUT2D eigenvalue weighted by atomic mass is 10.1. The number of ether oxygens (including phenoxy) is 1. The van der Waals surface area contributed by atoms with E-state index < -0.39 is 0 Å². The number of aliphatic hydroxyl groups is 1. The number of esters is 1. The summed E-state index contributed by atoms with van der Waals surface area (Å²) in [5, 5.41) is 8.41. The Morgan fingerprint density at radius 2 is 2.27 bits per heavy atom. The van der Waals surface area contributed by atoms with Gasteiger partial charge in [-0.15, -0.1) is 0 Å². The summed E-state index contributed by atoms with van der Waals surface area (Å²) in [6, 6.07) is 6.10. The number of rotatable bonds is 5. The fourth-order valence-corrected chi connectivity index (χ4v) is 1.17. The zero-order valence-corrected chi connectivity index (χ0v) is 8.28. The van der Waals surface area contributed by atoms with Crippen LogP contribution >= 0.6 is 0 Å². The minimum absolute atomic E-state index is 0.0159. The van der Waals surface area contributed by atoms with Gasteiger partial charge in [0.1, 0.15) is 12.4 Å². The molecule has 3 nitrogen and oxygen atoms in total. The highest BCUT2D eigenvalue weighted by Gasteiger charge is 2.03. The maximum Gasteiger partial charge on any atom is 0.306 e. The van der Waals surface area contributed by atoms with Crippen molar-refractivity contribution in [3.05, 3.63) is 35.6 Å². The predicted octanol–water partition coefficient (Wildman–Crippen LogP) is 1.29. The molecule has 0 unspecified atom stereocenters. The minimum Gasteiger partial charge on any atom is -0.463 e. The van der Waals surface area contributed by atoms with Crippen LogP contribution in [-0.4, -0.2) is 24.3 Å². The zero-order chi connectivity index (χ0) is 11.1. The lowest BCUT2D eigenvalue weighted by Gasteiger charge is -2.02. The summed E-state index contributed by atoms with van der Waals surface area (Å²) in [5.41, 5.74) is 0.760. The van der Waals surface area contributed by atoms with Gasteiger partial charge in [0, 0.05) is 6.42 Å². The molecule has 0 aliphatic carbocycles. The molecule has 0 saturated heterocycles. The highest BCUT2D eigenvalue weighted by molar-refractivity contribution is 5.69. The number of carbonyl (C=O) groups excluding carboxylic acids is 1. The highest BCUT2D eigenvalue weighted by Crippen LogP contribution is 2.06.